The second-order valence-electron chi connectivity index (χ2n) is 3.87. The first kappa shape index (κ1) is 6.72. The van der Waals surface area contributed by atoms with Crippen LogP contribution in [0.5, 0.6) is 0 Å². The zero-order chi connectivity index (χ0) is 6.97. The second kappa shape index (κ2) is 2.57. The van der Waals surface area contributed by atoms with E-state index in [0.29, 0.717) is 11.6 Å². The summed E-state index contributed by atoms with van der Waals surface area (Å²) in [5, 5.41) is 9.69. The van der Waals surface area contributed by atoms with Gasteiger partial charge >= 0.3 is 0 Å². The largest absolute Gasteiger partial charge is 0.450 e. The van der Waals surface area contributed by atoms with Crippen molar-refractivity contribution in [3.8, 4) is 0 Å². The quantitative estimate of drug-likeness (QED) is 0.508. The summed E-state index contributed by atoms with van der Waals surface area (Å²) in [5.74, 6) is 1.35. The third kappa shape index (κ3) is 0.988. The maximum Gasteiger partial charge on any atom is 0.295 e. The molecule has 2 saturated heterocycles. The molecule has 0 spiro atoms. The molecule has 2 rings (SSSR count). The molecule has 1 nitrogen and oxygen atoms in total. The Morgan fingerprint density at radius 3 is 1.60 bits per heavy atom. The van der Waals surface area contributed by atoms with Gasteiger partial charge in [-0.2, -0.15) is 0 Å². The lowest BCUT2D eigenvalue weighted by atomic mass is 9.38. The van der Waals surface area contributed by atoms with Crippen molar-refractivity contribution in [3.05, 3.63) is 0 Å². The van der Waals surface area contributed by atoms with E-state index in [0.717, 1.165) is 0 Å². The van der Waals surface area contributed by atoms with Crippen LogP contribution in [0.1, 0.15) is 38.5 Å². The topological polar surface area (TPSA) is 20.2 Å². The Morgan fingerprint density at radius 2 is 1.30 bits per heavy atom. The molecule has 2 heterocycles. The molecule has 2 aliphatic rings. The highest BCUT2D eigenvalue weighted by atomic mass is 16.2. The van der Waals surface area contributed by atoms with E-state index in [1.165, 1.54) is 38.5 Å². The summed E-state index contributed by atoms with van der Waals surface area (Å²) in [6, 6.07) is 0. The normalized spacial score (nSPS) is 39.9. The Morgan fingerprint density at radius 1 is 0.900 bits per heavy atom. The predicted molar refractivity (Wildman–Crippen MR) is 43.2 cm³/mol. The zero-order valence-electron chi connectivity index (χ0n) is 6.42. The monoisotopic (exact) mass is 138 g/mol. The van der Waals surface area contributed by atoms with Crippen LogP contribution in [0.2, 0.25) is 11.6 Å². The Kier molecular flexibility index (Phi) is 1.73. The Labute approximate surface area is 62.9 Å². The maximum atomic E-state index is 9.69. The van der Waals surface area contributed by atoms with Gasteiger partial charge in [0.25, 0.3) is 6.92 Å². The van der Waals surface area contributed by atoms with E-state index >= 15 is 0 Å². The fourth-order valence-electron chi connectivity index (χ4n) is 2.64. The van der Waals surface area contributed by atoms with Crippen molar-refractivity contribution in [1.29, 1.82) is 0 Å². The summed E-state index contributed by atoms with van der Waals surface area (Å²) in [7, 11) is 0. The average Bonchev–Trinajstić information content (AvgIpc) is 1.86. The van der Waals surface area contributed by atoms with Gasteiger partial charge in [-0.1, -0.05) is 38.5 Å². The third-order valence-electron chi connectivity index (χ3n) is 3.27. The van der Waals surface area contributed by atoms with Crippen LogP contribution in [0, 0.1) is 0 Å². The molecular formula is C8H15BO. The van der Waals surface area contributed by atoms with Crippen LogP contribution in [-0.2, 0) is 0 Å². The van der Waals surface area contributed by atoms with Gasteiger partial charge in [0, 0.05) is 0 Å². The minimum Gasteiger partial charge on any atom is -0.450 e. The first-order valence-corrected chi connectivity index (χ1v) is 4.56. The molecule has 56 valence electrons. The minimum atomic E-state index is 0.0718. The fraction of sp³-hybridized carbons (Fsp3) is 1.00. The summed E-state index contributed by atoms with van der Waals surface area (Å²) < 4.78 is 0. The molecule has 0 aromatic carbocycles. The summed E-state index contributed by atoms with van der Waals surface area (Å²) in [4.78, 5) is 0. The highest BCUT2D eigenvalue weighted by Gasteiger charge is 2.38. The van der Waals surface area contributed by atoms with Crippen LogP contribution in [-0.4, -0.2) is 11.9 Å². The van der Waals surface area contributed by atoms with Gasteiger partial charge in [0.15, 0.2) is 0 Å². The van der Waals surface area contributed by atoms with Crippen molar-refractivity contribution in [2.24, 2.45) is 0 Å². The summed E-state index contributed by atoms with van der Waals surface area (Å²) in [6.45, 7) is 0.0718. The molecule has 0 atom stereocenters. The lowest BCUT2D eigenvalue weighted by Gasteiger charge is -2.36. The molecule has 1 N–H and O–H groups in total. The molecule has 2 heteroatoms. The van der Waals surface area contributed by atoms with Gasteiger partial charge in [-0.25, -0.2) is 0 Å². The van der Waals surface area contributed by atoms with Crippen molar-refractivity contribution < 1.29 is 5.02 Å². The Hall–Kier alpha value is 0.0249. The number of fused-ring (bicyclic) bond motifs is 2. The molecular weight excluding hydrogens is 123 g/mol. The zero-order valence-corrected chi connectivity index (χ0v) is 6.42. The molecule has 10 heavy (non-hydrogen) atoms. The summed E-state index contributed by atoms with van der Waals surface area (Å²) in [5.41, 5.74) is 0. The van der Waals surface area contributed by atoms with Crippen LogP contribution in [0.3, 0.4) is 0 Å². The Bertz CT molecular complexity index is 104. The van der Waals surface area contributed by atoms with E-state index in [1.807, 2.05) is 0 Å². The number of hydrogen-bond donors (Lipinski definition) is 1. The first-order valence-electron chi connectivity index (χ1n) is 4.56. The lowest BCUT2D eigenvalue weighted by molar-refractivity contribution is 0.376. The standard InChI is InChI=1S/C8H15BO/c10-9-7-3-1-4-8(9)6-2-5-7/h7-8,10H,1-6H2. The van der Waals surface area contributed by atoms with Crippen LogP contribution in [0.15, 0.2) is 0 Å². The van der Waals surface area contributed by atoms with Crippen molar-refractivity contribution in [2.75, 3.05) is 0 Å². The van der Waals surface area contributed by atoms with E-state index in [9.17, 15) is 5.02 Å². The fourth-order valence-corrected chi connectivity index (χ4v) is 2.64. The van der Waals surface area contributed by atoms with Gasteiger partial charge in [0.05, 0.1) is 0 Å². The van der Waals surface area contributed by atoms with Gasteiger partial charge in [-0.15, -0.1) is 0 Å². The average molecular weight is 138 g/mol. The molecule has 2 bridgehead atoms. The van der Waals surface area contributed by atoms with Crippen LogP contribution < -0.4 is 0 Å². The van der Waals surface area contributed by atoms with Crippen molar-refractivity contribution >= 4 is 6.92 Å². The molecule has 0 amide bonds. The van der Waals surface area contributed by atoms with Crippen LogP contribution in [0.25, 0.3) is 0 Å². The second-order valence-corrected chi connectivity index (χ2v) is 3.87. The van der Waals surface area contributed by atoms with Crippen molar-refractivity contribution in [2.45, 2.75) is 50.2 Å². The SMILES string of the molecule is OB1C2CCCC1CCC2. The molecule has 2 fully saturated rings. The number of hydrogen-bond acceptors (Lipinski definition) is 1. The van der Waals surface area contributed by atoms with E-state index in [1.54, 1.807) is 0 Å². The smallest absolute Gasteiger partial charge is 0.295 e. The van der Waals surface area contributed by atoms with Gasteiger partial charge < -0.3 is 5.02 Å². The van der Waals surface area contributed by atoms with Gasteiger partial charge in [-0.3, -0.25) is 0 Å². The highest BCUT2D eigenvalue weighted by molar-refractivity contribution is 6.54. The third-order valence-corrected chi connectivity index (χ3v) is 3.27. The highest BCUT2D eigenvalue weighted by Crippen LogP contribution is 2.44. The first-order chi connectivity index (χ1) is 4.88. The summed E-state index contributed by atoms with van der Waals surface area (Å²) >= 11 is 0. The molecule has 0 saturated carbocycles. The van der Waals surface area contributed by atoms with E-state index in [2.05, 4.69) is 0 Å². The van der Waals surface area contributed by atoms with Crippen LogP contribution >= 0.6 is 0 Å². The lowest BCUT2D eigenvalue weighted by Crippen LogP contribution is -2.34. The summed E-state index contributed by atoms with van der Waals surface area (Å²) in [6.07, 6.45) is 7.89. The van der Waals surface area contributed by atoms with E-state index in [4.69, 9.17) is 0 Å². The van der Waals surface area contributed by atoms with E-state index in [-0.39, 0.29) is 6.92 Å². The minimum absolute atomic E-state index is 0.0718. The van der Waals surface area contributed by atoms with Crippen molar-refractivity contribution in [3.63, 3.8) is 0 Å². The molecule has 0 radical (unpaired) electrons. The molecule has 2 aliphatic heterocycles. The molecule has 0 aromatic heterocycles. The Balaban J connectivity index is 2.05. The van der Waals surface area contributed by atoms with Gasteiger partial charge in [0.2, 0.25) is 0 Å². The van der Waals surface area contributed by atoms with E-state index < -0.39 is 0 Å². The molecule has 0 unspecified atom stereocenters. The predicted octanol–water partition coefficient (Wildman–Crippen LogP) is 2.08. The molecule has 0 aliphatic carbocycles. The number of rotatable bonds is 0. The van der Waals surface area contributed by atoms with Crippen LogP contribution in [0.4, 0.5) is 0 Å². The van der Waals surface area contributed by atoms with Crippen molar-refractivity contribution in [1.82, 2.24) is 0 Å². The maximum absolute atomic E-state index is 9.69. The van der Waals surface area contributed by atoms with Gasteiger partial charge in [-0.05, 0) is 11.6 Å². The molecule has 0 aromatic rings. The van der Waals surface area contributed by atoms with Gasteiger partial charge in [0.1, 0.15) is 0 Å².